The van der Waals surface area contributed by atoms with E-state index in [4.69, 9.17) is 10.5 Å². The number of aliphatic hydroxyl groups is 1. The molecule has 1 aliphatic carbocycles. The van der Waals surface area contributed by atoms with Gasteiger partial charge in [0, 0.05) is 17.8 Å². The molecule has 0 aliphatic heterocycles. The number of nitrogens with one attached hydrogen (secondary N) is 1. The normalized spacial score (nSPS) is 22.8. The highest BCUT2D eigenvalue weighted by molar-refractivity contribution is 5.77. The maximum atomic E-state index is 11.7. The van der Waals surface area contributed by atoms with Crippen LogP contribution in [0.15, 0.2) is 24.3 Å². The number of ether oxygens (including phenoxy) is 1. The van der Waals surface area contributed by atoms with Crippen LogP contribution < -0.4 is 15.8 Å². The van der Waals surface area contributed by atoms with E-state index < -0.39 is 0 Å². The Kier molecular flexibility index (Phi) is 4.63. The fourth-order valence-corrected chi connectivity index (χ4v) is 2.24. The van der Waals surface area contributed by atoms with Gasteiger partial charge in [-0.1, -0.05) is 6.07 Å². The lowest BCUT2D eigenvalue weighted by atomic mass is 9.93. The van der Waals surface area contributed by atoms with Crippen LogP contribution in [0.1, 0.15) is 25.7 Å². The average molecular weight is 264 g/mol. The SMILES string of the molecule is Nc1cccc(OCC(=O)NC2CCC(O)CC2)c1. The Morgan fingerprint density at radius 1 is 1.37 bits per heavy atom. The molecule has 1 saturated carbocycles. The van der Waals surface area contributed by atoms with E-state index in [1.165, 1.54) is 0 Å². The molecule has 0 heterocycles. The zero-order valence-electron chi connectivity index (χ0n) is 10.8. The third-order valence-corrected chi connectivity index (χ3v) is 3.29. The van der Waals surface area contributed by atoms with Crippen LogP contribution in [0.25, 0.3) is 0 Å². The molecule has 5 heteroatoms. The molecule has 2 rings (SSSR count). The topological polar surface area (TPSA) is 84.6 Å². The van der Waals surface area contributed by atoms with Crippen molar-refractivity contribution >= 4 is 11.6 Å². The second kappa shape index (κ2) is 6.43. The first-order valence-electron chi connectivity index (χ1n) is 6.59. The van der Waals surface area contributed by atoms with Crippen molar-refractivity contribution in [2.75, 3.05) is 12.3 Å². The van der Waals surface area contributed by atoms with Crippen LogP contribution in [0.5, 0.6) is 5.75 Å². The summed E-state index contributed by atoms with van der Waals surface area (Å²) in [5, 5.41) is 12.3. The first-order valence-corrected chi connectivity index (χ1v) is 6.59. The molecule has 0 atom stereocenters. The van der Waals surface area contributed by atoms with Crippen LogP contribution in [0, 0.1) is 0 Å². The number of hydrogen-bond donors (Lipinski definition) is 3. The summed E-state index contributed by atoms with van der Waals surface area (Å²) in [6.07, 6.45) is 2.94. The van der Waals surface area contributed by atoms with Crippen LogP contribution in [-0.2, 0) is 4.79 Å². The first kappa shape index (κ1) is 13.7. The number of aliphatic hydroxyl groups excluding tert-OH is 1. The van der Waals surface area contributed by atoms with Crippen LogP contribution in [0.4, 0.5) is 5.69 Å². The molecule has 0 bridgehead atoms. The van der Waals surface area contributed by atoms with Gasteiger partial charge in [-0.3, -0.25) is 4.79 Å². The van der Waals surface area contributed by atoms with E-state index in [0.29, 0.717) is 11.4 Å². The summed E-state index contributed by atoms with van der Waals surface area (Å²) in [6, 6.07) is 7.15. The highest BCUT2D eigenvalue weighted by atomic mass is 16.5. The fraction of sp³-hybridized carbons (Fsp3) is 0.500. The molecule has 5 nitrogen and oxygen atoms in total. The largest absolute Gasteiger partial charge is 0.484 e. The van der Waals surface area contributed by atoms with E-state index in [-0.39, 0.29) is 24.7 Å². The van der Waals surface area contributed by atoms with Crippen molar-refractivity contribution in [2.24, 2.45) is 0 Å². The summed E-state index contributed by atoms with van der Waals surface area (Å²) in [4.78, 5) is 11.7. The minimum atomic E-state index is -0.211. The zero-order valence-corrected chi connectivity index (χ0v) is 10.8. The third kappa shape index (κ3) is 4.44. The van der Waals surface area contributed by atoms with E-state index in [9.17, 15) is 9.90 Å². The molecule has 1 aromatic rings. The van der Waals surface area contributed by atoms with Gasteiger partial charge < -0.3 is 20.9 Å². The Hall–Kier alpha value is -1.75. The Labute approximate surface area is 112 Å². The van der Waals surface area contributed by atoms with Gasteiger partial charge in [-0.25, -0.2) is 0 Å². The highest BCUT2D eigenvalue weighted by Gasteiger charge is 2.20. The van der Waals surface area contributed by atoms with E-state index in [1.54, 1.807) is 24.3 Å². The van der Waals surface area contributed by atoms with Crippen molar-refractivity contribution in [3.63, 3.8) is 0 Å². The molecular formula is C14H20N2O3. The Morgan fingerprint density at radius 2 is 2.11 bits per heavy atom. The monoisotopic (exact) mass is 264 g/mol. The summed E-state index contributed by atoms with van der Waals surface area (Å²) in [6.45, 7) is -0.0114. The molecule has 104 valence electrons. The lowest BCUT2D eigenvalue weighted by Gasteiger charge is -2.26. The molecule has 19 heavy (non-hydrogen) atoms. The van der Waals surface area contributed by atoms with Crippen LogP contribution in [0.2, 0.25) is 0 Å². The summed E-state index contributed by atoms with van der Waals surface area (Å²) in [5.74, 6) is 0.457. The van der Waals surface area contributed by atoms with Gasteiger partial charge in [-0.2, -0.15) is 0 Å². The molecule has 0 aromatic heterocycles. The highest BCUT2D eigenvalue weighted by Crippen LogP contribution is 2.18. The van der Waals surface area contributed by atoms with Crippen molar-refractivity contribution in [1.29, 1.82) is 0 Å². The van der Waals surface area contributed by atoms with Gasteiger partial charge in [-0.05, 0) is 37.8 Å². The van der Waals surface area contributed by atoms with Gasteiger partial charge in [0.1, 0.15) is 5.75 Å². The smallest absolute Gasteiger partial charge is 0.258 e. The van der Waals surface area contributed by atoms with Gasteiger partial charge in [0.15, 0.2) is 6.61 Å². The molecule has 0 radical (unpaired) electrons. The second-order valence-electron chi connectivity index (χ2n) is 4.93. The number of benzene rings is 1. The van der Waals surface area contributed by atoms with Crippen molar-refractivity contribution < 1.29 is 14.6 Å². The first-order chi connectivity index (χ1) is 9.13. The predicted octanol–water partition coefficient (Wildman–Crippen LogP) is 1.07. The molecule has 1 amide bonds. The minimum Gasteiger partial charge on any atom is -0.484 e. The molecule has 1 aliphatic rings. The molecular weight excluding hydrogens is 244 g/mol. The van der Waals surface area contributed by atoms with Gasteiger partial charge in [-0.15, -0.1) is 0 Å². The molecule has 0 unspecified atom stereocenters. The Bertz CT molecular complexity index is 428. The molecule has 0 spiro atoms. The number of nitrogens with two attached hydrogens (primary N) is 1. The number of nitrogen functional groups attached to an aromatic ring is 1. The number of amides is 1. The van der Waals surface area contributed by atoms with E-state index >= 15 is 0 Å². The second-order valence-corrected chi connectivity index (χ2v) is 4.93. The summed E-state index contributed by atoms with van der Waals surface area (Å²) >= 11 is 0. The van der Waals surface area contributed by atoms with E-state index in [2.05, 4.69) is 5.32 Å². The van der Waals surface area contributed by atoms with Gasteiger partial charge in [0.25, 0.3) is 5.91 Å². The molecule has 0 saturated heterocycles. The fourth-order valence-electron chi connectivity index (χ4n) is 2.24. The van der Waals surface area contributed by atoms with Gasteiger partial charge >= 0.3 is 0 Å². The quantitative estimate of drug-likeness (QED) is 0.710. The lowest BCUT2D eigenvalue weighted by molar-refractivity contribution is -0.124. The number of carbonyl (C=O) groups is 1. The molecule has 4 N–H and O–H groups in total. The predicted molar refractivity (Wildman–Crippen MR) is 72.8 cm³/mol. The van der Waals surface area contributed by atoms with Gasteiger partial charge in [0.2, 0.25) is 0 Å². The van der Waals surface area contributed by atoms with Crippen molar-refractivity contribution in [3.8, 4) is 5.75 Å². The number of anilines is 1. The maximum absolute atomic E-state index is 11.7. The molecule has 1 fully saturated rings. The number of carbonyl (C=O) groups excluding carboxylic acids is 1. The minimum absolute atomic E-state index is 0.0114. The van der Waals surface area contributed by atoms with Gasteiger partial charge in [0.05, 0.1) is 6.10 Å². The maximum Gasteiger partial charge on any atom is 0.258 e. The zero-order chi connectivity index (χ0) is 13.7. The Balaban J connectivity index is 1.73. The third-order valence-electron chi connectivity index (χ3n) is 3.29. The molecule has 1 aromatic carbocycles. The van der Waals surface area contributed by atoms with E-state index in [1.807, 2.05) is 0 Å². The van der Waals surface area contributed by atoms with Crippen LogP contribution in [-0.4, -0.2) is 29.8 Å². The summed E-state index contributed by atoms with van der Waals surface area (Å²) < 4.78 is 5.37. The van der Waals surface area contributed by atoms with Crippen LogP contribution >= 0.6 is 0 Å². The number of hydrogen-bond acceptors (Lipinski definition) is 4. The van der Waals surface area contributed by atoms with Crippen molar-refractivity contribution in [1.82, 2.24) is 5.32 Å². The summed E-state index contributed by atoms with van der Waals surface area (Å²) in [7, 11) is 0. The Morgan fingerprint density at radius 3 is 2.79 bits per heavy atom. The number of rotatable bonds is 4. The van der Waals surface area contributed by atoms with Crippen molar-refractivity contribution in [2.45, 2.75) is 37.8 Å². The summed E-state index contributed by atoms with van der Waals surface area (Å²) in [5.41, 5.74) is 6.23. The average Bonchev–Trinajstić information content (AvgIpc) is 2.39. The lowest BCUT2D eigenvalue weighted by Crippen LogP contribution is -2.40. The van der Waals surface area contributed by atoms with Crippen LogP contribution in [0.3, 0.4) is 0 Å². The standard InChI is InChI=1S/C14H20N2O3/c15-10-2-1-3-13(8-10)19-9-14(18)16-11-4-6-12(17)7-5-11/h1-3,8,11-12,17H,4-7,9,15H2,(H,16,18). The van der Waals surface area contributed by atoms with E-state index in [0.717, 1.165) is 25.7 Å². The van der Waals surface area contributed by atoms with Crippen molar-refractivity contribution in [3.05, 3.63) is 24.3 Å².